The summed E-state index contributed by atoms with van der Waals surface area (Å²) in [5, 5.41) is 0.710. The largest absolute Gasteiger partial charge is 0.497 e. The summed E-state index contributed by atoms with van der Waals surface area (Å²) in [5.74, 6) is -0.273. The molecule has 4 aromatic rings. The van der Waals surface area contributed by atoms with Crippen molar-refractivity contribution in [2.45, 2.75) is 20.8 Å². The number of benzene rings is 3. The van der Waals surface area contributed by atoms with Gasteiger partial charge in [-0.1, -0.05) is 53.6 Å². The fraction of sp³-hybridized carbons (Fsp3) is 0.179. The standard InChI is InChI=1S/C28H25NO4/c1-17-8-11-20(12-9-17)27-19(3)26(23-14-18(2)10-13-24(23)29-27)28(31)33-16-25(30)21-6-5-7-22(15-21)32-4/h5-15H,16H2,1-4H3. The van der Waals surface area contributed by atoms with Gasteiger partial charge >= 0.3 is 5.97 Å². The molecule has 5 heteroatoms. The number of methoxy groups -OCH3 is 1. The van der Waals surface area contributed by atoms with Crippen LogP contribution in [-0.4, -0.2) is 30.5 Å². The van der Waals surface area contributed by atoms with E-state index >= 15 is 0 Å². The van der Waals surface area contributed by atoms with Gasteiger partial charge in [-0.05, 0) is 50.6 Å². The molecule has 5 nitrogen and oxygen atoms in total. The summed E-state index contributed by atoms with van der Waals surface area (Å²) in [6.07, 6.45) is 0. The maximum Gasteiger partial charge on any atom is 0.339 e. The number of aromatic nitrogens is 1. The first kappa shape index (κ1) is 22.2. The molecule has 3 aromatic carbocycles. The number of pyridine rings is 1. The Morgan fingerprint density at radius 1 is 0.879 bits per heavy atom. The van der Waals surface area contributed by atoms with Crippen LogP contribution in [0, 0.1) is 20.8 Å². The zero-order valence-corrected chi connectivity index (χ0v) is 19.1. The molecule has 1 aromatic heterocycles. The van der Waals surface area contributed by atoms with Crippen molar-refractivity contribution >= 4 is 22.7 Å². The van der Waals surface area contributed by atoms with E-state index in [9.17, 15) is 9.59 Å². The number of Topliss-reactive ketones (excluding diaryl/α,β-unsaturated/α-hetero) is 1. The minimum atomic E-state index is -0.546. The van der Waals surface area contributed by atoms with Gasteiger partial charge in [0.1, 0.15) is 5.75 Å². The van der Waals surface area contributed by atoms with E-state index in [4.69, 9.17) is 14.5 Å². The third-order valence-electron chi connectivity index (χ3n) is 5.64. The van der Waals surface area contributed by atoms with Gasteiger partial charge in [-0.3, -0.25) is 4.79 Å². The summed E-state index contributed by atoms with van der Waals surface area (Å²) in [6.45, 7) is 5.49. The second-order valence-corrected chi connectivity index (χ2v) is 8.08. The highest BCUT2D eigenvalue weighted by Gasteiger charge is 2.21. The number of ketones is 1. The van der Waals surface area contributed by atoms with Gasteiger partial charge in [0.2, 0.25) is 0 Å². The van der Waals surface area contributed by atoms with Crippen LogP contribution in [0.4, 0.5) is 0 Å². The number of hydrogen-bond donors (Lipinski definition) is 0. The number of rotatable bonds is 6. The number of aryl methyl sites for hydroxylation is 2. The Bertz CT molecular complexity index is 1360. The van der Waals surface area contributed by atoms with E-state index in [1.807, 2.05) is 63.2 Å². The molecule has 0 aliphatic carbocycles. The SMILES string of the molecule is COc1cccc(C(=O)COC(=O)c2c(C)c(-c3ccc(C)cc3)nc3ccc(C)cc23)c1. The topological polar surface area (TPSA) is 65.5 Å². The molecule has 1 heterocycles. The van der Waals surface area contributed by atoms with E-state index in [1.54, 1.807) is 24.3 Å². The van der Waals surface area contributed by atoms with Crippen molar-refractivity contribution in [3.8, 4) is 17.0 Å². The first-order valence-corrected chi connectivity index (χ1v) is 10.7. The summed E-state index contributed by atoms with van der Waals surface area (Å²) in [7, 11) is 1.54. The molecule has 0 atom stereocenters. The summed E-state index contributed by atoms with van der Waals surface area (Å²) in [6, 6.07) is 20.6. The van der Waals surface area contributed by atoms with Gasteiger partial charge in [-0.25, -0.2) is 9.78 Å². The van der Waals surface area contributed by atoms with Gasteiger partial charge in [0.05, 0.1) is 23.9 Å². The Morgan fingerprint density at radius 3 is 2.33 bits per heavy atom. The zero-order valence-electron chi connectivity index (χ0n) is 19.1. The second-order valence-electron chi connectivity index (χ2n) is 8.08. The molecule has 0 fully saturated rings. The minimum Gasteiger partial charge on any atom is -0.497 e. The number of carbonyl (C=O) groups excluding carboxylic acids is 2. The Labute approximate surface area is 193 Å². The van der Waals surface area contributed by atoms with Gasteiger partial charge in [-0.15, -0.1) is 0 Å². The normalized spacial score (nSPS) is 10.8. The third-order valence-corrected chi connectivity index (χ3v) is 5.64. The highest BCUT2D eigenvalue weighted by Crippen LogP contribution is 2.31. The first-order valence-electron chi connectivity index (χ1n) is 10.7. The molecule has 0 aliphatic heterocycles. The highest BCUT2D eigenvalue weighted by atomic mass is 16.5. The molecule has 0 spiro atoms. The quantitative estimate of drug-likeness (QED) is 0.277. The predicted octanol–water partition coefficient (Wildman–Crippen LogP) is 5.88. The predicted molar refractivity (Wildman–Crippen MR) is 129 cm³/mol. The lowest BCUT2D eigenvalue weighted by Crippen LogP contribution is -2.16. The molecule has 33 heavy (non-hydrogen) atoms. The van der Waals surface area contributed by atoms with Crippen molar-refractivity contribution in [1.82, 2.24) is 4.98 Å². The van der Waals surface area contributed by atoms with Crippen LogP contribution in [0.25, 0.3) is 22.2 Å². The summed E-state index contributed by atoms with van der Waals surface area (Å²) in [4.78, 5) is 30.7. The number of carbonyl (C=O) groups is 2. The van der Waals surface area contributed by atoms with E-state index in [0.29, 0.717) is 27.8 Å². The number of fused-ring (bicyclic) bond motifs is 1. The van der Waals surface area contributed by atoms with E-state index in [1.165, 1.54) is 7.11 Å². The van der Waals surface area contributed by atoms with E-state index in [2.05, 4.69) is 0 Å². The van der Waals surface area contributed by atoms with Crippen molar-refractivity contribution in [2.75, 3.05) is 13.7 Å². The average Bonchev–Trinajstić information content (AvgIpc) is 2.82. The second kappa shape index (κ2) is 9.25. The Morgan fingerprint density at radius 2 is 1.61 bits per heavy atom. The van der Waals surface area contributed by atoms with Crippen molar-refractivity contribution in [3.05, 3.63) is 94.5 Å². The molecule has 0 N–H and O–H groups in total. The summed E-state index contributed by atoms with van der Waals surface area (Å²) < 4.78 is 10.7. The van der Waals surface area contributed by atoms with Crippen LogP contribution in [0.5, 0.6) is 5.75 Å². The molecular formula is C28H25NO4. The smallest absolute Gasteiger partial charge is 0.339 e. The van der Waals surface area contributed by atoms with Gasteiger partial charge in [0.25, 0.3) is 0 Å². The molecule has 4 rings (SSSR count). The van der Waals surface area contributed by atoms with Crippen molar-refractivity contribution < 1.29 is 19.1 Å². The average molecular weight is 440 g/mol. The van der Waals surface area contributed by atoms with Gasteiger partial charge in [-0.2, -0.15) is 0 Å². The monoisotopic (exact) mass is 439 g/mol. The van der Waals surface area contributed by atoms with Crippen molar-refractivity contribution in [3.63, 3.8) is 0 Å². The molecule has 166 valence electrons. The minimum absolute atomic E-state index is 0.298. The molecule has 0 unspecified atom stereocenters. The van der Waals surface area contributed by atoms with E-state index < -0.39 is 5.97 Å². The van der Waals surface area contributed by atoms with Crippen LogP contribution in [0.3, 0.4) is 0 Å². The Hall–Kier alpha value is -3.99. The number of ether oxygens (including phenoxy) is 2. The lowest BCUT2D eigenvalue weighted by atomic mass is 9.96. The molecular weight excluding hydrogens is 414 g/mol. The van der Waals surface area contributed by atoms with Crippen LogP contribution < -0.4 is 4.74 Å². The maximum absolute atomic E-state index is 13.3. The maximum atomic E-state index is 13.3. The highest BCUT2D eigenvalue weighted by molar-refractivity contribution is 6.07. The Kier molecular flexibility index (Phi) is 6.22. The lowest BCUT2D eigenvalue weighted by molar-refractivity contribution is 0.0476. The number of nitrogens with zero attached hydrogens (tertiary/aromatic N) is 1. The van der Waals surface area contributed by atoms with Gasteiger partial charge in [0, 0.05) is 16.5 Å². The summed E-state index contributed by atoms with van der Waals surface area (Å²) in [5.41, 5.74) is 6.06. The summed E-state index contributed by atoms with van der Waals surface area (Å²) >= 11 is 0. The van der Waals surface area contributed by atoms with Gasteiger partial charge in [0.15, 0.2) is 12.4 Å². The van der Waals surface area contributed by atoms with Crippen LogP contribution in [-0.2, 0) is 4.74 Å². The van der Waals surface area contributed by atoms with Crippen LogP contribution in [0.15, 0.2) is 66.7 Å². The third kappa shape index (κ3) is 4.62. The fourth-order valence-corrected chi connectivity index (χ4v) is 3.81. The Balaban J connectivity index is 1.71. The first-order chi connectivity index (χ1) is 15.9. The zero-order chi connectivity index (χ0) is 23.5. The van der Waals surface area contributed by atoms with Crippen molar-refractivity contribution in [1.29, 1.82) is 0 Å². The molecule has 0 radical (unpaired) electrons. The van der Waals surface area contributed by atoms with Crippen LogP contribution in [0.2, 0.25) is 0 Å². The van der Waals surface area contributed by atoms with Crippen LogP contribution >= 0.6 is 0 Å². The fourth-order valence-electron chi connectivity index (χ4n) is 3.81. The lowest BCUT2D eigenvalue weighted by Gasteiger charge is -2.15. The molecule has 0 amide bonds. The molecule has 0 saturated heterocycles. The number of esters is 1. The van der Waals surface area contributed by atoms with E-state index in [-0.39, 0.29) is 12.4 Å². The molecule has 0 bridgehead atoms. The number of hydrogen-bond acceptors (Lipinski definition) is 5. The van der Waals surface area contributed by atoms with E-state index in [0.717, 1.165) is 27.9 Å². The molecule has 0 aliphatic rings. The van der Waals surface area contributed by atoms with Crippen LogP contribution in [0.1, 0.15) is 37.4 Å². The van der Waals surface area contributed by atoms with Crippen molar-refractivity contribution in [2.24, 2.45) is 0 Å². The molecule has 0 saturated carbocycles. The van der Waals surface area contributed by atoms with Gasteiger partial charge < -0.3 is 9.47 Å².